The fraction of sp³-hybridized carbons (Fsp3) is 0.167. The minimum atomic E-state index is -1.15. The Hall–Kier alpha value is -3.26. The number of anilines is 1. The first-order valence-corrected chi connectivity index (χ1v) is 8.22. The molecule has 0 amide bonds. The van der Waals surface area contributed by atoms with Crippen molar-refractivity contribution in [2.75, 3.05) is 18.6 Å². The van der Waals surface area contributed by atoms with Crippen LogP contribution in [0.15, 0.2) is 41.5 Å². The molecule has 2 aromatic carbocycles. The molecule has 0 unspecified atom stereocenters. The highest BCUT2D eigenvalue weighted by atomic mass is 35.5. The van der Waals surface area contributed by atoms with Gasteiger partial charge in [-0.05, 0) is 37.3 Å². The van der Waals surface area contributed by atoms with Crippen molar-refractivity contribution in [2.45, 2.75) is 6.92 Å². The van der Waals surface area contributed by atoms with Crippen molar-refractivity contribution >= 4 is 35.4 Å². The zero-order valence-corrected chi connectivity index (χ0v) is 15.1. The van der Waals surface area contributed by atoms with Crippen molar-refractivity contribution in [2.24, 2.45) is 5.10 Å². The SMILES string of the molecule is CCOc1cccc(/C=N/Nc2ccc(Cl)c(C(=O)O)c2)c1OCC(=O)O. The third-order valence-electron chi connectivity index (χ3n) is 3.24. The summed E-state index contributed by atoms with van der Waals surface area (Å²) >= 11 is 5.82. The Labute approximate surface area is 160 Å². The molecule has 0 aliphatic heterocycles. The van der Waals surface area contributed by atoms with Gasteiger partial charge in [-0.1, -0.05) is 17.7 Å². The number of hydrazone groups is 1. The third kappa shape index (κ3) is 5.61. The second-order valence-electron chi connectivity index (χ2n) is 5.16. The smallest absolute Gasteiger partial charge is 0.341 e. The number of hydrogen-bond acceptors (Lipinski definition) is 6. The Morgan fingerprint density at radius 3 is 2.67 bits per heavy atom. The van der Waals surface area contributed by atoms with Crippen LogP contribution in [0.2, 0.25) is 5.02 Å². The van der Waals surface area contributed by atoms with E-state index in [0.717, 1.165) is 0 Å². The second-order valence-corrected chi connectivity index (χ2v) is 5.57. The number of carboxylic acids is 2. The molecule has 0 atom stereocenters. The number of carboxylic acid groups (broad SMARTS) is 2. The number of benzene rings is 2. The molecule has 0 aliphatic carbocycles. The maximum Gasteiger partial charge on any atom is 0.341 e. The topological polar surface area (TPSA) is 117 Å². The number of aliphatic carboxylic acids is 1. The van der Waals surface area contributed by atoms with Crippen LogP contribution in [-0.4, -0.2) is 41.6 Å². The molecule has 0 fully saturated rings. The summed E-state index contributed by atoms with van der Waals surface area (Å²) in [6, 6.07) is 9.41. The third-order valence-corrected chi connectivity index (χ3v) is 3.57. The summed E-state index contributed by atoms with van der Waals surface area (Å²) in [5.74, 6) is -1.64. The van der Waals surface area contributed by atoms with E-state index in [1.165, 1.54) is 18.3 Å². The van der Waals surface area contributed by atoms with Gasteiger partial charge in [-0.2, -0.15) is 5.10 Å². The predicted octanol–water partition coefficient (Wildman–Crippen LogP) is 3.35. The Balaban J connectivity index is 2.23. The van der Waals surface area contributed by atoms with Crippen LogP contribution in [-0.2, 0) is 4.79 Å². The van der Waals surface area contributed by atoms with Gasteiger partial charge < -0.3 is 19.7 Å². The van der Waals surface area contributed by atoms with Gasteiger partial charge in [0.15, 0.2) is 18.1 Å². The lowest BCUT2D eigenvalue weighted by Gasteiger charge is -2.13. The van der Waals surface area contributed by atoms with Gasteiger partial charge in [0.25, 0.3) is 0 Å². The van der Waals surface area contributed by atoms with Crippen molar-refractivity contribution in [3.63, 3.8) is 0 Å². The number of ether oxygens (including phenoxy) is 2. The molecule has 0 saturated carbocycles. The lowest BCUT2D eigenvalue weighted by atomic mass is 10.2. The quantitative estimate of drug-likeness (QED) is 0.442. The first-order valence-electron chi connectivity index (χ1n) is 7.84. The zero-order chi connectivity index (χ0) is 19.8. The summed E-state index contributed by atoms with van der Waals surface area (Å²) in [4.78, 5) is 21.9. The van der Waals surface area contributed by atoms with Gasteiger partial charge in [-0.15, -0.1) is 0 Å². The van der Waals surface area contributed by atoms with Crippen LogP contribution in [0.1, 0.15) is 22.8 Å². The van der Waals surface area contributed by atoms with Gasteiger partial charge in [0.1, 0.15) is 0 Å². The number of rotatable bonds is 9. The molecule has 2 rings (SSSR count). The van der Waals surface area contributed by atoms with Crippen LogP contribution in [0, 0.1) is 0 Å². The van der Waals surface area contributed by atoms with Crippen molar-refractivity contribution in [3.8, 4) is 11.5 Å². The predicted molar refractivity (Wildman–Crippen MR) is 100 cm³/mol. The highest BCUT2D eigenvalue weighted by Gasteiger charge is 2.12. The molecule has 9 heteroatoms. The van der Waals surface area contributed by atoms with E-state index in [1.807, 2.05) is 0 Å². The highest BCUT2D eigenvalue weighted by Crippen LogP contribution is 2.30. The molecule has 8 nitrogen and oxygen atoms in total. The fourth-order valence-electron chi connectivity index (χ4n) is 2.13. The number of hydrogen-bond donors (Lipinski definition) is 3. The molecule has 0 saturated heterocycles. The van der Waals surface area contributed by atoms with Gasteiger partial charge in [0, 0.05) is 5.56 Å². The molecule has 0 aromatic heterocycles. The molecule has 142 valence electrons. The molecular weight excluding hydrogens is 376 g/mol. The van der Waals surface area contributed by atoms with Crippen LogP contribution in [0.5, 0.6) is 11.5 Å². The second kappa shape index (κ2) is 9.44. The van der Waals surface area contributed by atoms with Crippen molar-refractivity contribution < 1.29 is 29.3 Å². The molecule has 0 bridgehead atoms. The minimum Gasteiger partial charge on any atom is -0.490 e. The van der Waals surface area contributed by atoms with Gasteiger partial charge in [-0.3, -0.25) is 5.43 Å². The number of carbonyl (C=O) groups is 2. The molecular formula is C18H17ClN2O6. The average Bonchev–Trinajstić information content (AvgIpc) is 2.62. The zero-order valence-electron chi connectivity index (χ0n) is 14.3. The molecule has 27 heavy (non-hydrogen) atoms. The lowest BCUT2D eigenvalue weighted by molar-refractivity contribution is -0.139. The largest absolute Gasteiger partial charge is 0.490 e. The average molecular weight is 393 g/mol. The minimum absolute atomic E-state index is 0.0549. The van der Waals surface area contributed by atoms with E-state index in [-0.39, 0.29) is 16.3 Å². The first kappa shape index (κ1) is 20.1. The van der Waals surface area contributed by atoms with Gasteiger partial charge in [0.05, 0.1) is 29.1 Å². The maximum atomic E-state index is 11.1. The van der Waals surface area contributed by atoms with E-state index >= 15 is 0 Å². The Bertz CT molecular complexity index is 869. The summed E-state index contributed by atoms with van der Waals surface area (Å²) < 4.78 is 10.8. The number of nitrogens with zero attached hydrogens (tertiary/aromatic N) is 1. The van der Waals surface area contributed by atoms with E-state index in [9.17, 15) is 9.59 Å². The van der Waals surface area contributed by atoms with Gasteiger partial charge >= 0.3 is 11.9 Å². The van der Waals surface area contributed by atoms with Crippen LogP contribution in [0.25, 0.3) is 0 Å². The molecule has 0 radical (unpaired) electrons. The van der Waals surface area contributed by atoms with E-state index in [1.54, 1.807) is 31.2 Å². The van der Waals surface area contributed by atoms with Crippen LogP contribution in [0.3, 0.4) is 0 Å². The molecule has 3 N–H and O–H groups in total. The summed E-state index contributed by atoms with van der Waals surface area (Å²) in [5.41, 5.74) is 3.55. The standard InChI is InChI=1S/C18H17ClN2O6/c1-2-26-15-5-3-4-11(17(15)27-10-16(22)23)9-20-21-12-6-7-14(19)13(8-12)18(24)25/h3-9,21H,2,10H2,1H3,(H,22,23)(H,24,25)/b20-9+. The summed E-state index contributed by atoms with van der Waals surface area (Å²) in [5, 5.41) is 22.1. The van der Waals surface area contributed by atoms with Gasteiger partial charge in [0.2, 0.25) is 0 Å². The van der Waals surface area contributed by atoms with Crippen LogP contribution >= 0.6 is 11.6 Å². The highest BCUT2D eigenvalue weighted by molar-refractivity contribution is 6.33. The Kier molecular flexibility index (Phi) is 7.01. The molecule has 2 aromatic rings. The van der Waals surface area contributed by atoms with E-state index in [0.29, 0.717) is 23.6 Å². The van der Waals surface area contributed by atoms with Gasteiger partial charge in [-0.25, -0.2) is 9.59 Å². The summed E-state index contributed by atoms with van der Waals surface area (Å²) in [6.07, 6.45) is 1.41. The van der Waals surface area contributed by atoms with E-state index in [2.05, 4.69) is 10.5 Å². The Morgan fingerprint density at radius 1 is 1.22 bits per heavy atom. The van der Waals surface area contributed by atoms with E-state index < -0.39 is 18.5 Å². The maximum absolute atomic E-state index is 11.1. The summed E-state index contributed by atoms with van der Waals surface area (Å²) in [7, 11) is 0. The van der Waals surface area contributed by atoms with E-state index in [4.69, 9.17) is 31.3 Å². The summed E-state index contributed by atoms with van der Waals surface area (Å²) in [6.45, 7) is 1.65. The fourth-order valence-corrected chi connectivity index (χ4v) is 2.33. The van der Waals surface area contributed by atoms with Crippen LogP contribution < -0.4 is 14.9 Å². The van der Waals surface area contributed by atoms with Crippen molar-refractivity contribution in [1.29, 1.82) is 0 Å². The molecule has 0 spiro atoms. The van der Waals surface area contributed by atoms with Crippen molar-refractivity contribution in [1.82, 2.24) is 0 Å². The molecule has 0 heterocycles. The number of para-hydroxylation sites is 1. The lowest BCUT2D eigenvalue weighted by Crippen LogP contribution is -2.11. The Morgan fingerprint density at radius 2 is 2.00 bits per heavy atom. The molecule has 0 aliphatic rings. The monoisotopic (exact) mass is 392 g/mol. The first-order chi connectivity index (χ1) is 12.9. The number of aromatic carboxylic acids is 1. The number of halogens is 1. The van der Waals surface area contributed by atoms with Crippen molar-refractivity contribution in [3.05, 3.63) is 52.5 Å². The normalized spacial score (nSPS) is 10.6. The number of nitrogens with one attached hydrogen (secondary N) is 1. The van der Waals surface area contributed by atoms with Crippen LogP contribution in [0.4, 0.5) is 5.69 Å².